The molecule has 0 saturated heterocycles. The molecule has 0 amide bonds. The van der Waals surface area contributed by atoms with Crippen LogP contribution in [0.3, 0.4) is 0 Å². The Morgan fingerprint density at radius 1 is 0.909 bits per heavy atom. The lowest BCUT2D eigenvalue weighted by Gasteiger charge is -2.29. The maximum absolute atomic E-state index is 4.80. The number of hydrogen-bond acceptors (Lipinski definition) is 6. The van der Waals surface area contributed by atoms with Gasteiger partial charge >= 0.3 is 0 Å². The Balaban J connectivity index is 1.14. The van der Waals surface area contributed by atoms with Crippen LogP contribution in [0.25, 0.3) is 21.9 Å². The van der Waals surface area contributed by atoms with Crippen molar-refractivity contribution in [3.8, 4) is 0 Å². The number of hydrogen-bond donors (Lipinski definition) is 2. The van der Waals surface area contributed by atoms with Crippen LogP contribution in [0.2, 0.25) is 0 Å². The molecule has 0 bridgehead atoms. The van der Waals surface area contributed by atoms with Gasteiger partial charge in [0.15, 0.2) is 0 Å². The molecule has 1 aliphatic rings. The van der Waals surface area contributed by atoms with Crippen molar-refractivity contribution in [2.75, 3.05) is 30.9 Å². The van der Waals surface area contributed by atoms with Gasteiger partial charge < -0.3 is 20.1 Å². The normalized spacial score (nSPS) is 18.6. The first-order chi connectivity index (χ1) is 16.1. The predicted molar refractivity (Wildman–Crippen MR) is 136 cm³/mol. The van der Waals surface area contributed by atoms with Crippen molar-refractivity contribution in [3.63, 3.8) is 0 Å². The van der Waals surface area contributed by atoms with Gasteiger partial charge in [-0.15, -0.1) is 0 Å². The van der Waals surface area contributed by atoms with Gasteiger partial charge in [0, 0.05) is 32.6 Å². The number of rotatable bonds is 7. The maximum atomic E-state index is 4.80. The van der Waals surface area contributed by atoms with E-state index in [2.05, 4.69) is 57.5 Å². The third-order valence-corrected chi connectivity index (χ3v) is 6.78. The molecule has 0 unspecified atom stereocenters. The second kappa shape index (κ2) is 9.35. The Labute approximate surface area is 195 Å². The zero-order valence-corrected chi connectivity index (χ0v) is 19.8. The lowest BCUT2D eigenvalue weighted by molar-refractivity contribution is 0.322. The summed E-state index contributed by atoms with van der Waals surface area (Å²) in [5, 5.41) is 8.34. The topological polar surface area (TPSA) is 70.9 Å². The summed E-state index contributed by atoms with van der Waals surface area (Å²) < 4.78 is 2.19. The molecule has 7 nitrogen and oxygen atoms in total. The summed E-state index contributed by atoms with van der Waals surface area (Å²) in [5.41, 5.74) is 3.24. The van der Waals surface area contributed by atoms with Crippen LogP contribution in [0.5, 0.6) is 0 Å². The Morgan fingerprint density at radius 3 is 2.39 bits per heavy atom. The third kappa shape index (κ3) is 4.64. The molecule has 0 atom stereocenters. The molecule has 1 aliphatic carbocycles. The van der Waals surface area contributed by atoms with E-state index in [1.807, 2.05) is 32.3 Å². The van der Waals surface area contributed by atoms with Crippen LogP contribution in [0, 0.1) is 5.92 Å². The van der Waals surface area contributed by atoms with Crippen LogP contribution in [0.1, 0.15) is 31.5 Å². The van der Waals surface area contributed by atoms with Crippen LogP contribution < -0.4 is 15.5 Å². The largest absolute Gasteiger partial charge is 0.362 e. The molecule has 2 heterocycles. The second-order valence-electron chi connectivity index (χ2n) is 9.35. The second-order valence-corrected chi connectivity index (χ2v) is 9.35. The summed E-state index contributed by atoms with van der Waals surface area (Å²) in [7, 11) is 6.16. The van der Waals surface area contributed by atoms with E-state index in [9.17, 15) is 0 Å². The molecule has 33 heavy (non-hydrogen) atoms. The highest BCUT2D eigenvalue weighted by molar-refractivity contribution is 5.90. The molecule has 172 valence electrons. The Kier molecular flexibility index (Phi) is 6.13. The fourth-order valence-corrected chi connectivity index (χ4v) is 4.90. The SMILES string of the molecule is CN(C)c1nc(N[C@H]2CC[C@@H](CNCc3nc4ccccc4n3C)CC2)nc2ccccc12. The van der Waals surface area contributed by atoms with E-state index in [0.717, 1.165) is 59.9 Å². The van der Waals surface area contributed by atoms with Gasteiger partial charge in [-0.25, -0.2) is 9.97 Å². The lowest BCUT2D eigenvalue weighted by atomic mass is 9.86. The van der Waals surface area contributed by atoms with Crippen molar-refractivity contribution in [1.82, 2.24) is 24.8 Å². The van der Waals surface area contributed by atoms with Crippen LogP contribution in [0.4, 0.5) is 11.8 Å². The first kappa shape index (κ1) is 21.6. The molecule has 1 saturated carbocycles. The number of fused-ring (bicyclic) bond motifs is 2. The van der Waals surface area contributed by atoms with Crippen molar-refractivity contribution < 1.29 is 0 Å². The molecule has 4 aromatic rings. The maximum Gasteiger partial charge on any atom is 0.225 e. The Morgan fingerprint density at radius 2 is 1.64 bits per heavy atom. The predicted octanol–water partition coefficient (Wildman–Crippen LogP) is 4.34. The fraction of sp³-hybridized carbons (Fsp3) is 0.423. The van der Waals surface area contributed by atoms with E-state index in [0.29, 0.717) is 12.0 Å². The number of aryl methyl sites for hydroxylation is 1. The number of benzene rings is 2. The molecule has 2 aromatic carbocycles. The van der Waals surface area contributed by atoms with Gasteiger partial charge in [-0.1, -0.05) is 24.3 Å². The third-order valence-electron chi connectivity index (χ3n) is 6.78. The van der Waals surface area contributed by atoms with Gasteiger partial charge in [-0.05, 0) is 62.4 Å². The highest BCUT2D eigenvalue weighted by Crippen LogP contribution is 2.28. The fourth-order valence-electron chi connectivity index (χ4n) is 4.90. The van der Waals surface area contributed by atoms with Crippen molar-refractivity contribution in [1.29, 1.82) is 0 Å². The van der Waals surface area contributed by atoms with E-state index >= 15 is 0 Å². The molecule has 7 heteroatoms. The average Bonchev–Trinajstić information content (AvgIpc) is 3.15. The zero-order valence-electron chi connectivity index (χ0n) is 19.8. The zero-order chi connectivity index (χ0) is 22.8. The summed E-state index contributed by atoms with van der Waals surface area (Å²) in [6, 6.07) is 17.0. The number of anilines is 2. The van der Waals surface area contributed by atoms with Gasteiger partial charge in [0.25, 0.3) is 0 Å². The summed E-state index contributed by atoms with van der Waals surface area (Å²) in [6.07, 6.45) is 4.71. The number of nitrogens with zero attached hydrogens (tertiary/aromatic N) is 5. The number of para-hydroxylation sites is 3. The van der Waals surface area contributed by atoms with Gasteiger partial charge in [-0.2, -0.15) is 4.98 Å². The molecule has 0 radical (unpaired) electrons. The standard InChI is InChI=1S/C26H33N7/c1-32(2)25-20-8-4-5-9-21(20)30-26(31-25)28-19-14-12-18(13-15-19)16-27-17-24-29-22-10-6-7-11-23(22)33(24)3/h4-11,18-19,27H,12-17H2,1-3H3,(H,28,30,31)/t18-,19+. The number of imidazole rings is 1. The smallest absolute Gasteiger partial charge is 0.225 e. The van der Waals surface area contributed by atoms with Crippen molar-refractivity contribution in [2.24, 2.45) is 13.0 Å². The minimum atomic E-state index is 0.428. The average molecular weight is 444 g/mol. The number of nitrogens with one attached hydrogen (secondary N) is 2. The quantitative estimate of drug-likeness (QED) is 0.443. The highest BCUT2D eigenvalue weighted by Gasteiger charge is 2.22. The summed E-state index contributed by atoms with van der Waals surface area (Å²) >= 11 is 0. The molecular formula is C26H33N7. The minimum Gasteiger partial charge on any atom is -0.362 e. The molecule has 2 N–H and O–H groups in total. The van der Waals surface area contributed by atoms with Crippen molar-refractivity contribution in [2.45, 2.75) is 38.3 Å². The highest BCUT2D eigenvalue weighted by atomic mass is 15.2. The van der Waals surface area contributed by atoms with Crippen LogP contribution in [-0.4, -0.2) is 46.2 Å². The van der Waals surface area contributed by atoms with Crippen LogP contribution in [-0.2, 0) is 13.6 Å². The molecular weight excluding hydrogens is 410 g/mol. The van der Waals surface area contributed by atoms with E-state index in [-0.39, 0.29) is 0 Å². The summed E-state index contributed by atoms with van der Waals surface area (Å²) in [4.78, 5) is 16.4. The van der Waals surface area contributed by atoms with Gasteiger partial charge in [-0.3, -0.25) is 0 Å². The monoisotopic (exact) mass is 443 g/mol. The van der Waals surface area contributed by atoms with E-state index in [1.165, 1.54) is 18.4 Å². The molecule has 5 rings (SSSR count). The van der Waals surface area contributed by atoms with E-state index in [4.69, 9.17) is 15.0 Å². The lowest BCUT2D eigenvalue weighted by Crippen LogP contribution is -2.32. The first-order valence-electron chi connectivity index (χ1n) is 11.9. The van der Waals surface area contributed by atoms with Gasteiger partial charge in [0.1, 0.15) is 11.6 Å². The summed E-state index contributed by atoms with van der Waals surface area (Å²) in [6.45, 7) is 1.84. The van der Waals surface area contributed by atoms with E-state index in [1.54, 1.807) is 0 Å². The first-order valence-corrected chi connectivity index (χ1v) is 11.9. The molecule has 0 spiro atoms. The Hall–Kier alpha value is -3.19. The van der Waals surface area contributed by atoms with Crippen LogP contribution in [0.15, 0.2) is 48.5 Å². The Bertz CT molecular complexity index is 1240. The van der Waals surface area contributed by atoms with Crippen molar-refractivity contribution in [3.05, 3.63) is 54.4 Å². The van der Waals surface area contributed by atoms with Gasteiger partial charge in [0.2, 0.25) is 5.95 Å². The van der Waals surface area contributed by atoms with Gasteiger partial charge in [0.05, 0.1) is 23.1 Å². The summed E-state index contributed by atoms with van der Waals surface area (Å²) in [5.74, 6) is 3.49. The molecule has 1 fully saturated rings. The van der Waals surface area contributed by atoms with Crippen LogP contribution >= 0.6 is 0 Å². The minimum absolute atomic E-state index is 0.428. The molecule has 2 aromatic heterocycles. The van der Waals surface area contributed by atoms with E-state index < -0.39 is 0 Å². The molecule has 0 aliphatic heterocycles. The number of aromatic nitrogens is 4. The van der Waals surface area contributed by atoms with Crippen molar-refractivity contribution >= 4 is 33.7 Å².